The maximum Gasteiger partial charge on any atom is 0.277 e. The van der Waals surface area contributed by atoms with Crippen LogP contribution in [0, 0.1) is 17.2 Å². The van der Waals surface area contributed by atoms with Gasteiger partial charge in [-0.3, -0.25) is 4.79 Å². The Kier molecular flexibility index (Phi) is 5.87. The Balaban J connectivity index is 1.47. The van der Waals surface area contributed by atoms with Crippen LogP contribution in [0.2, 0.25) is 0 Å². The number of carbonyl (C=O) groups excluding carboxylic acids is 1. The number of sulfone groups is 1. The molecule has 0 spiro atoms. The Labute approximate surface area is 157 Å². The van der Waals surface area contributed by atoms with Crippen molar-refractivity contribution in [2.75, 3.05) is 17.3 Å². The van der Waals surface area contributed by atoms with E-state index in [0.717, 1.165) is 31.0 Å². The van der Waals surface area contributed by atoms with Crippen LogP contribution in [0.3, 0.4) is 0 Å². The molecule has 2 aliphatic rings. The first-order valence-electron chi connectivity index (χ1n) is 8.78. The number of amides is 1. The van der Waals surface area contributed by atoms with Crippen molar-refractivity contribution in [3.63, 3.8) is 0 Å². The Morgan fingerprint density at radius 2 is 2.12 bits per heavy atom. The number of rotatable bonds is 6. The van der Waals surface area contributed by atoms with Gasteiger partial charge in [0.25, 0.3) is 5.22 Å². The number of aromatic nitrogens is 2. The largest absolute Gasteiger partial charge is 0.416 e. The molecule has 0 bridgehead atoms. The fraction of sp³-hybridized carbons (Fsp3) is 0.750. The number of carbonyl (C=O) groups is 1. The van der Waals surface area contributed by atoms with Crippen molar-refractivity contribution >= 4 is 27.5 Å². The second kappa shape index (κ2) is 7.96. The summed E-state index contributed by atoms with van der Waals surface area (Å²) in [5.74, 6) is 0.674. The number of thioether (sulfide) groups is 1. The maximum absolute atomic E-state index is 12.2. The first-order valence-corrected chi connectivity index (χ1v) is 11.6. The van der Waals surface area contributed by atoms with Crippen molar-refractivity contribution < 1.29 is 17.6 Å². The van der Waals surface area contributed by atoms with Crippen LogP contribution in [0.4, 0.5) is 0 Å². The Morgan fingerprint density at radius 1 is 1.35 bits per heavy atom. The van der Waals surface area contributed by atoms with E-state index in [1.807, 2.05) is 0 Å². The van der Waals surface area contributed by atoms with Gasteiger partial charge in [0.05, 0.1) is 23.3 Å². The molecule has 1 saturated carbocycles. The monoisotopic (exact) mass is 398 g/mol. The highest BCUT2D eigenvalue weighted by Crippen LogP contribution is 2.28. The van der Waals surface area contributed by atoms with Crippen LogP contribution < -0.4 is 5.32 Å². The van der Waals surface area contributed by atoms with Gasteiger partial charge in [-0.1, -0.05) is 31.0 Å². The minimum absolute atomic E-state index is 0.0170. The smallest absolute Gasteiger partial charge is 0.277 e. The van der Waals surface area contributed by atoms with E-state index in [0.29, 0.717) is 31.6 Å². The molecule has 3 rings (SSSR count). The summed E-state index contributed by atoms with van der Waals surface area (Å²) in [6.07, 6.45) is 5.43. The zero-order valence-corrected chi connectivity index (χ0v) is 16.1. The molecule has 1 atom stereocenters. The van der Waals surface area contributed by atoms with Gasteiger partial charge in [-0.05, 0) is 25.2 Å². The normalized spacial score (nSPS) is 24.0. The Bertz CT molecular complexity index is 793. The molecule has 142 valence electrons. The van der Waals surface area contributed by atoms with Crippen LogP contribution in [0.1, 0.15) is 44.4 Å². The summed E-state index contributed by atoms with van der Waals surface area (Å²) >= 11 is 1.12. The molecule has 0 radical (unpaired) electrons. The Morgan fingerprint density at radius 3 is 2.77 bits per heavy atom. The van der Waals surface area contributed by atoms with E-state index in [4.69, 9.17) is 4.42 Å². The first kappa shape index (κ1) is 19.2. The molecule has 1 N–H and O–H groups in total. The van der Waals surface area contributed by atoms with Crippen molar-refractivity contribution in [1.82, 2.24) is 15.5 Å². The van der Waals surface area contributed by atoms with Gasteiger partial charge in [-0.15, -0.1) is 10.2 Å². The van der Waals surface area contributed by atoms with E-state index in [-0.39, 0.29) is 34.3 Å². The number of nitrogens with zero attached hydrogens (tertiary/aromatic N) is 3. The zero-order chi connectivity index (χ0) is 18.6. The lowest BCUT2D eigenvalue weighted by Gasteiger charge is -2.31. The minimum Gasteiger partial charge on any atom is -0.416 e. The van der Waals surface area contributed by atoms with E-state index in [1.165, 1.54) is 0 Å². The summed E-state index contributed by atoms with van der Waals surface area (Å²) in [6, 6.07) is 2.26. The summed E-state index contributed by atoms with van der Waals surface area (Å²) < 4.78 is 28.5. The van der Waals surface area contributed by atoms with Crippen molar-refractivity contribution in [1.29, 1.82) is 5.26 Å². The third kappa shape index (κ3) is 4.98. The molecule has 2 fully saturated rings. The van der Waals surface area contributed by atoms with Crippen LogP contribution in [-0.2, 0) is 21.1 Å². The van der Waals surface area contributed by atoms with Crippen LogP contribution >= 0.6 is 11.8 Å². The maximum atomic E-state index is 12.2. The van der Waals surface area contributed by atoms with Gasteiger partial charge in [0.1, 0.15) is 5.54 Å². The van der Waals surface area contributed by atoms with Crippen molar-refractivity contribution in [3.05, 3.63) is 5.89 Å². The van der Waals surface area contributed by atoms with E-state index in [1.54, 1.807) is 0 Å². The fourth-order valence-corrected chi connectivity index (χ4v) is 5.95. The topological polar surface area (TPSA) is 126 Å². The van der Waals surface area contributed by atoms with E-state index in [2.05, 4.69) is 21.6 Å². The summed E-state index contributed by atoms with van der Waals surface area (Å²) in [5, 5.41) is 20.4. The summed E-state index contributed by atoms with van der Waals surface area (Å²) in [5.41, 5.74) is -0.746. The molecule has 0 aromatic carbocycles. The molecule has 1 saturated heterocycles. The molecular weight excluding hydrogens is 376 g/mol. The second-order valence-corrected chi connectivity index (χ2v) is 10.2. The van der Waals surface area contributed by atoms with Gasteiger partial charge in [-0.2, -0.15) is 5.26 Å². The average molecular weight is 399 g/mol. The van der Waals surface area contributed by atoms with Crippen LogP contribution in [0.5, 0.6) is 0 Å². The molecule has 8 nitrogen and oxygen atoms in total. The highest BCUT2D eigenvalue weighted by molar-refractivity contribution is 7.99. The fourth-order valence-electron chi connectivity index (χ4n) is 3.51. The zero-order valence-electron chi connectivity index (χ0n) is 14.4. The van der Waals surface area contributed by atoms with Crippen LogP contribution in [-0.4, -0.2) is 47.3 Å². The lowest BCUT2D eigenvalue weighted by molar-refractivity contribution is -0.120. The summed E-state index contributed by atoms with van der Waals surface area (Å²) in [7, 11) is -2.93. The molecule has 10 heteroatoms. The van der Waals surface area contributed by atoms with Crippen molar-refractivity contribution in [2.24, 2.45) is 5.92 Å². The standard InChI is InChI=1S/C16H22N4O4S2/c17-11-16(5-2-1-3-6-16)18-13(21)9-25-15-20-19-14(24-15)8-12-4-7-26(22,23)10-12/h12H,1-10H2,(H,18,21)/t12-/m1/s1. The molecule has 1 amide bonds. The third-order valence-electron chi connectivity index (χ3n) is 4.86. The van der Waals surface area contributed by atoms with Crippen molar-refractivity contribution in [3.8, 4) is 6.07 Å². The molecular formula is C16H22N4O4S2. The Hall–Kier alpha value is -1.60. The highest BCUT2D eigenvalue weighted by Gasteiger charge is 2.33. The molecule has 1 aliphatic heterocycles. The van der Waals surface area contributed by atoms with E-state index in [9.17, 15) is 18.5 Å². The second-order valence-electron chi connectivity index (χ2n) is 7.03. The van der Waals surface area contributed by atoms with Crippen LogP contribution in [0.25, 0.3) is 0 Å². The molecule has 26 heavy (non-hydrogen) atoms. The van der Waals surface area contributed by atoms with Gasteiger partial charge >= 0.3 is 0 Å². The minimum atomic E-state index is -2.93. The van der Waals surface area contributed by atoms with Gasteiger partial charge in [0.2, 0.25) is 11.8 Å². The first-order chi connectivity index (χ1) is 12.4. The summed E-state index contributed by atoms with van der Waals surface area (Å²) in [4.78, 5) is 12.2. The third-order valence-corrected chi connectivity index (χ3v) is 7.52. The van der Waals surface area contributed by atoms with Gasteiger partial charge in [-0.25, -0.2) is 8.42 Å². The number of hydrogen-bond donors (Lipinski definition) is 1. The van der Waals surface area contributed by atoms with E-state index >= 15 is 0 Å². The van der Waals surface area contributed by atoms with Crippen molar-refractivity contribution in [2.45, 2.75) is 55.7 Å². The number of nitrogens with one attached hydrogen (secondary N) is 1. The predicted molar refractivity (Wildman–Crippen MR) is 95.1 cm³/mol. The molecule has 2 heterocycles. The predicted octanol–water partition coefficient (Wildman–Crippen LogP) is 1.48. The molecule has 1 aromatic rings. The number of nitriles is 1. The lowest BCUT2D eigenvalue weighted by Crippen LogP contribution is -2.49. The van der Waals surface area contributed by atoms with Gasteiger partial charge in [0, 0.05) is 6.42 Å². The van der Waals surface area contributed by atoms with E-state index < -0.39 is 15.4 Å². The highest BCUT2D eigenvalue weighted by atomic mass is 32.2. The number of hydrogen-bond acceptors (Lipinski definition) is 8. The quantitative estimate of drug-likeness (QED) is 0.714. The van der Waals surface area contributed by atoms with Crippen LogP contribution in [0.15, 0.2) is 9.64 Å². The average Bonchev–Trinajstić information content (AvgIpc) is 3.20. The van der Waals surface area contributed by atoms with Gasteiger partial charge in [0.15, 0.2) is 9.84 Å². The summed E-state index contributed by atoms with van der Waals surface area (Å²) in [6.45, 7) is 0. The molecule has 1 aromatic heterocycles. The SMILES string of the molecule is N#CC1(NC(=O)CSc2nnc(C[C@H]3CCS(=O)(=O)C3)o2)CCCCC1. The molecule has 0 unspecified atom stereocenters. The molecule has 1 aliphatic carbocycles. The van der Waals surface area contributed by atoms with Gasteiger partial charge < -0.3 is 9.73 Å². The lowest BCUT2D eigenvalue weighted by atomic mass is 9.83.